The minimum absolute atomic E-state index is 0. The number of rotatable bonds is 3. The second kappa shape index (κ2) is 5.83. The van der Waals surface area contributed by atoms with E-state index in [1.165, 1.54) is 37.7 Å². The molecule has 122 valence electrons. The first-order valence-electron chi connectivity index (χ1n) is 8.94. The quantitative estimate of drug-likeness (QED) is 0.827. The molecule has 4 aliphatic carbocycles. The van der Waals surface area contributed by atoms with Gasteiger partial charge in [0.2, 0.25) is 0 Å². The SMILES string of the molecule is CCC(N)C12CC3CC(CC(C3)C1c1cccc(C)c1)C2.Cl. The molecule has 4 fully saturated rings. The summed E-state index contributed by atoms with van der Waals surface area (Å²) in [5.41, 5.74) is 10.1. The topological polar surface area (TPSA) is 26.0 Å². The fourth-order valence-electron chi connectivity index (χ4n) is 6.51. The monoisotopic (exact) mass is 319 g/mol. The van der Waals surface area contributed by atoms with Gasteiger partial charge in [0.15, 0.2) is 0 Å². The fraction of sp³-hybridized carbons (Fsp3) is 0.700. The summed E-state index contributed by atoms with van der Waals surface area (Å²) in [5.74, 6) is 3.57. The van der Waals surface area contributed by atoms with Crippen molar-refractivity contribution < 1.29 is 0 Å². The van der Waals surface area contributed by atoms with Crippen LogP contribution in [0.15, 0.2) is 24.3 Å². The lowest BCUT2D eigenvalue weighted by molar-refractivity contribution is -0.0898. The van der Waals surface area contributed by atoms with Crippen LogP contribution in [0.25, 0.3) is 0 Å². The fourth-order valence-corrected chi connectivity index (χ4v) is 6.51. The smallest absolute Gasteiger partial charge is 0.00991 e. The lowest BCUT2D eigenvalue weighted by atomic mass is 9.42. The van der Waals surface area contributed by atoms with Gasteiger partial charge >= 0.3 is 0 Å². The normalized spacial score (nSPS) is 40.3. The van der Waals surface area contributed by atoms with Crippen molar-refractivity contribution in [2.75, 3.05) is 0 Å². The molecule has 1 aromatic carbocycles. The van der Waals surface area contributed by atoms with Gasteiger partial charge in [0, 0.05) is 6.04 Å². The first-order chi connectivity index (χ1) is 10.1. The van der Waals surface area contributed by atoms with Gasteiger partial charge in [0.1, 0.15) is 0 Å². The molecule has 22 heavy (non-hydrogen) atoms. The molecule has 1 nitrogen and oxygen atoms in total. The van der Waals surface area contributed by atoms with Crippen molar-refractivity contribution in [3.8, 4) is 0 Å². The molecular formula is C20H30ClN. The molecule has 0 radical (unpaired) electrons. The zero-order valence-electron chi connectivity index (χ0n) is 13.9. The number of halogens is 1. The predicted octanol–water partition coefficient (Wildman–Crippen LogP) is 5.06. The van der Waals surface area contributed by atoms with Crippen molar-refractivity contribution >= 4 is 12.4 Å². The van der Waals surface area contributed by atoms with Crippen LogP contribution in [0.4, 0.5) is 0 Å². The first kappa shape index (κ1) is 16.3. The standard InChI is InChI=1S/C20H29N.ClH/c1-3-18(21)20-11-14-8-15(12-20)10-17(9-14)19(20)16-6-4-5-13(2)7-16;/h4-7,14-15,17-19H,3,8-12,21H2,1-2H3;1H. The van der Waals surface area contributed by atoms with E-state index in [-0.39, 0.29) is 12.4 Å². The molecule has 1 aromatic rings. The van der Waals surface area contributed by atoms with Crippen LogP contribution >= 0.6 is 12.4 Å². The molecule has 0 amide bonds. The van der Waals surface area contributed by atoms with E-state index < -0.39 is 0 Å². The van der Waals surface area contributed by atoms with Crippen LogP contribution in [0, 0.1) is 30.1 Å². The highest BCUT2D eigenvalue weighted by molar-refractivity contribution is 5.85. The molecule has 4 saturated carbocycles. The Bertz CT molecular complexity index is 526. The first-order valence-corrected chi connectivity index (χ1v) is 8.94. The van der Waals surface area contributed by atoms with Gasteiger partial charge in [-0.05, 0) is 80.1 Å². The van der Waals surface area contributed by atoms with Crippen molar-refractivity contribution in [1.29, 1.82) is 0 Å². The molecule has 0 saturated heterocycles. The zero-order valence-corrected chi connectivity index (χ0v) is 14.7. The predicted molar refractivity (Wildman–Crippen MR) is 95.4 cm³/mol. The van der Waals surface area contributed by atoms with E-state index in [9.17, 15) is 0 Å². The van der Waals surface area contributed by atoms with Crippen LogP contribution in [0.2, 0.25) is 0 Å². The summed E-state index contributed by atoms with van der Waals surface area (Å²) in [5, 5.41) is 0. The van der Waals surface area contributed by atoms with Crippen molar-refractivity contribution in [2.45, 2.75) is 64.3 Å². The summed E-state index contributed by atoms with van der Waals surface area (Å²) in [6.45, 7) is 4.52. The van der Waals surface area contributed by atoms with E-state index in [0.29, 0.717) is 11.5 Å². The summed E-state index contributed by atoms with van der Waals surface area (Å²) in [4.78, 5) is 0. The average Bonchev–Trinajstić information content (AvgIpc) is 2.45. The van der Waals surface area contributed by atoms with Crippen LogP contribution < -0.4 is 5.73 Å². The Balaban J connectivity index is 0.00000144. The molecule has 2 N–H and O–H groups in total. The third-order valence-corrected chi connectivity index (χ3v) is 6.95. The maximum Gasteiger partial charge on any atom is 0.00991 e. The molecule has 4 bridgehead atoms. The van der Waals surface area contributed by atoms with Gasteiger partial charge in [-0.3, -0.25) is 0 Å². The molecule has 0 aromatic heterocycles. The zero-order chi connectivity index (χ0) is 14.6. The van der Waals surface area contributed by atoms with E-state index >= 15 is 0 Å². The van der Waals surface area contributed by atoms with Crippen LogP contribution in [0.1, 0.15) is 62.5 Å². The van der Waals surface area contributed by atoms with Gasteiger partial charge < -0.3 is 5.73 Å². The summed E-state index contributed by atoms with van der Waals surface area (Å²) >= 11 is 0. The number of hydrogen-bond donors (Lipinski definition) is 1. The van der Waals surface area contributed by atoms with Crippen LogP contribution in [-0.4, -0.2) is 6.04 Å². The Morgan fingerprint density at radius 1 is 1.18 bits per heavy atom. The number of hydrogen-bond acceptors (Lipinski definition) is 1. The third kappa shape index (κ3) is 2.32. The number of benzene rings is 1. The van der Waals surface area contributed by atoms with E-state index in [1.807, 2.05) is 0 Å². The van der Waals surface area contributed by atoms with Crippen molar-refractivity contribution in [2.24, 2.45) is 28.9 Å². The second-order valence-corrected chi connectivity index (χ2v) is 8.25. The summed E-state index contributed by atoms with van der Waals surface area (Å²) < 4.78 is 0. The number of aryl methyl sites for hydroxylation is 1. The third-order valence-electron chi connectivity index (χ3n) is 6.95. The molecule has 4 aliphatic rings. The van der Waals surface area contributed by atoms with Gasteiger partial charge in [0.25, 0.3) is 0 Å². The van der Waals surface area contributed by atoms with Gasteiger partial charge in [-0.1, -0.05) is 36.8 Å². The van der Waals surface area contributed by atoms with E-state index in [2.05, 4.69) is 38.1 Å². The van der Waals surface area contributed by atoms with Crippen LogP contribution in [0.5, 0.6) is 0 Å². The molecule has 4 atom stereocenters. The average molecular weight is 320 g/mol. The van der Waals surface area contributed by atoms with Crippen molar-refractivity contribution in [3.05, 3.63) is 35.4 Å². The molecule has 4 unspecified atom stereocenters. The molecule has 2 heteroatoms. The van der Waals surface area contributed by atoms with Crippen LogP contribution in [-0.2, 0) is 0 Å². The van der Waals surface area contributed by atoms with E-state index in [4.69, 9.17) is 5.73 Å². The summed E-state index contributed by atoms with van der Waals surface area (Å²) in [7, 11) is 0. The Hall–Kier alpha value is -0.530. The van der Waals surface area contributed by atoms with Gasteiger partial charge in [-0.25, -0.2) is 0 Å². The molecule has 5 rings (SSSR count). The Morgan fingerprint density at radius 2 is 1.86 bits per heavy atom. The molecule has 0 heterocycles. The lowest BCUT2D eigenvalue weighted by Crippen LogP contribution is -2.58. The van der Waals surface area contributed by atoms with E-state index in [1.54, 1.807) is 5.56 Å². The number of nitrogens with two attached hydrogens (primary N) is 1. The second-order valence-electron chi connectivity index (χ2n) is 8.25. The van der Waals surface area contributed by atoms with Gasteiger partial charge in [0.05, 0.1) is 0 Å². The summed E-state index contributed by atoms with van der Waals surface area (Å²) in [6.07, 6.45) is 8.35. The maximum atomic E-state index is 6.74. The highest BCUT2D eigenvalue weighted by atomic mass is 35.5. The minimum atomic E-state index is 0. The van der Waals surface area contributed by atoms with Crippen LogP contribution in [0.3, 0.4) is 0 Å². The molecule has 0 spiro atoms. The minimum Gasteiger partial charge on any atom is -0.327 e. The molecule has 0 aliphatic heterocycles. The van der Waals surface area contributed by atoms with Gasteiger partial charge in [-0.15, -0.1) is 12.4 Å². The highest BCUT2D eigenvalue weighted by Gasteiger charge is 2.59. The Morgan fingerprint density at radius 3 is 2.45 bits per heavy atom. The largest absolute Gasteiger partial charge is 0.327 e. The highest BCUT2D eigenvalue weighted by Crippen LogP contribution is 2.67. The summed E-state index contributed by atoms with van der Waals surface area (Å²) in [6, 6.07) is 9.69. The van der Waals surface area contributed by atoms with Gasteiger partial charge in [-0.2, -0.15) is 0 Å². The Kier molecular flexibility index (Phi) is 4.33. The van der Waals surface area contributed by atoms with Crippen molar-refractivity contribution in [1.82, 2.24) is 0 Å². The molecular weight excluding hydrogens is 290 g/mol. The Labute approximate surface area is 141 Å². The maximum absolute atomic E-state index is 6.74. The van der Waals surface area contributed by atoms with E-state index in [0.717, 1.165) is 30.1 Å². The van der Waals surface area contributed by atoms with Crippen molar-refractivity contribution in [3.63, 3.8) is 0 Å². The lowest BCUT2D eigenvalue weighted by Gasteiger charge is -2.63.